The number of aliphatic hydroxyl groups is 2. The van der Waals surface area contributed by atoms with Crippen molar-refractivity contribution in [3.8, 4) is 0 Å². The number of hydrogen-bond acceptors (Lipinski definition) is 3. The van der Waals surface area contributed by atoms with Crippen LogP contribution in [-0.2, 0) is 5.41 Å². The number of benzene rings is 1. The van der Waals surface area contributed by atoms with Crippen molar-refractivity contribution >= 4 is 0 Å². The summed E-state index contributed by atoms with van der Waals surface area (Å²) in [6, 6.07) is 12.7. The van der Waals surface area contributed by atoms with Gasteiger partial charge < -0.3 is 14.6 Å². The highest BCUT2D eigenvalue weighted by atomic mass is 16.4. The van der Waals surface area contributed by atoms with Gasteiger partial charge in [0.2, 0.25) is 0 Å². The predicted molar refractivity (Wildman–Crippen MR) is 69.1 cm³/mol. The van der Waals surface area contributed by atoms with Gasteiger partial charge in [-0.05, 0) is 17.7 Å². The average molecular weight is 244 g/mol. The summed E-state index contributed by atoms with van der Waals surface area (Å²) in [6.45, 7) is 3.50. The van der Waals surface area contributed by atoms with Crippen LogP contribution < -0.4 is 0 Å². The molecule has 0 aliphatic heterocycles. The van der Waals surface area contributed by atoms with Crippen LogP contribution in [-0.4, -0.2) is 16.8 Å². The molecule has 1 aromatic carbocycles. The molecule has 2 N–H and O–H groups in total. The van der Waals surface area contributed by atoms with E-state index in [0.717, 1.165) is 5.56 Å². The van der Waals surface area contributed by atoms with Crippen molar-refractivity contribution in [1.82, 2.24) is 0 Å². The lowest BCUT2D eigenvalue weighted by molar-refractivity contribution is 0.0485. The fourth-order valence-corrected chi connectivity index (χ4v) is 2.08. The Hall–Kier alpha value is -1.84. The first-order chi connectivity index (χ1) is 8.74. The van der Waals surface area contributed by atoms with Crippen LogP contribution in [0.1, 0.15) is 17.4 Å². The van der Waals surface area contributed by atoms with Crippen molar-refractivity contribution in [3.05, 3.63) is 72.7 Å². The fourth-order valence-electron chi connectivity index (χ4n) is 2.08. The largest absolute Gasteiger partial charge is 0.467 e. The first kappa shape index (κ1) is 12.6. The van der Waals surface area contributed by atoms with Gasteiger partial charge in [-0.15, -0.1) is 6.58 Å². The lowest BCUT2D eigenvalue weighted by atomic mass is 9.75. The maximum absolute atomic E-state index is 10.4. The minimum absolute atomic E-state index is 0.248. The SMILES string of the molecule is C=C[C@](CO)(c1ccccc1)[C@H](O)c1ccco1. The number of aliphatic hydroxyl groups excluding tert-OH is 2. The number of hydrogen-bond donors (Lipinski definition) is 2. The van der Waals surface area contributed by atoms with Gasteiger partial charge in [-0.3, -0.25) is 0 Å². The van der Waals surface area contributed by atoms with Crippen LogP contribution in [0, 0.1) is 0 Å². The summed E-state index contributed by atoms with van der Waals surface area (Å²) in [7, 11) is 0. The molecule has 0 saturated carbocycles. The Labute approximate surface area is 106 Å². The van der Waals surface area contributed by atoms with Crippen molar-refractivity contribution in [2.24, 2.45) is 0 Å². The Morgan fingerprint density at radius 2 is 1.94 bits per heavy atom. The maximum atomic E-state index is 10.4. The van der Waals surface area contributed by atoms with Crippen LogP contribution in [0.4, 0.5) is 0 Å². The van der Waals surface area contributed by atoms with Gasteiger partial charge >= 0.3 is 0 Å². The first-order valence-electron chi connectivity index (χ1n) is 5.76. The number of rotatable bonds is 5. The molecule has 0 aliphatic rings. The molecule has 2 atom stereocenters. The van der Waals surface area contributed by atoms with E-state index in [-0.39, 0.29) is 6.61 Å². The summed E-state index contributed by atoms with van der Waals surface area (Å²) in [5, 5.41) is 20.2. The molecule has 18 heavy (non-hydrogen) atoms. The molecular formula is C15H16O3. The molecule has 94 valence electrons. The van der Waals surface area contributed by atoms with Gasteiger partial charge in [0.1, 0.15) is 11.9 Å². The van der Waals surface area contributed by atoms with E-state index in [9.17, 15) is 10.2 Å². The molecule has 0 amide bonds. The predicted octanol–water partition coefficient (Wildman–Crippen LogP) is 2.43. The molecule has 1 aromatic heterocycles. The summed E-state index contributed by atoms with van der Waals surface area (Å²) in [4.78, 5) is 0. The van der Waals surface area contributed by atoms with E-state index < -0.39 is 11.5 Å². The molecule has 0 radical (unpaired) electrons. The van der Waals surface area contributed by atoms with Crippen LogP contribution in [0.2, 0.25) is 0 Å². The van der Waals surface area contributed by atoms with Crippen LogP contribution in [0.15, 0.2) is 65.8 Å². The molecule has 0 saturated heterocycles. The minimum Gasteiger partial charge on any atom is -0.467 e. The van der Waals surface area contributed by atoms with E-state index in [4.69, 9.17) is 4.42 Å². The van der Waals surface area contributed by atoms with Gasteiger partial charge in [-0.1, -0.05) is 36.4 Å². The average Bonchev–Trinajstić information content (AvgIpc) is 2.96. The maximum Gasteiger partial charge on any atom is 0.133 e. The lowest BCUT2D eigenvalue weighted by Gasteiger charge is -2.32. The van der Waals surface area contributed by atoms with Gasteiger partial charge in [0, 0.05) is 0 Å². The summed E-state index contributed by atoms with van der Waals surface area (Å²) < 4.78 is 5.22. The molecule has 3 nitrogen and oxygen atoms in total. The topological polar surface area (TPSA) is 53.6 Å². The van der Waals surface area contributed by atoms with Gasteiger partial charge in [0.05, 0.1) is 18.3 Å². The zero-order valence-corrected chi connectivity index (χ0v) is 9.99. The van der Waals surface area contributed by atoms with Crippen molar-refractivity contribution < 1.29 is 14.6 Å². The Morgan fingerprint density at radius 1 is 1.22 bits per heavy atom. The van der Waals surface area contributed by atoms with Crippen LogP contribution >= 0.6 is 0 Å². The Kier molecular flexibility index (Phi) is 3.65. The second kappa shape index (κ2) is 5.21. The molecule has 0 unspecified atom stereocenters. The lowest BCUT2D eigenvalue weighted by Crippen LogP contribution is -2.35. The molecule has 1 heterocycles. The fraction of sp³-hybridized carbons (Fsp3) is 0.200. The third-order valence-corrected chi connectivity index (χ3v) is 3.24. The smallest absolute Gasteiger partial charge is 0.133 e. The summed E-state index contributed by atoms with van der Waals surface area (Å²) in [5.41, 5.74) is -0.162. The molecule has 0 spiro atoms. The van der Waals surface area contributed by atoms with E-state index in [1.165, 1.54) is 6.26 Å². The van der Waals surface area contributed by atoms with Gasteiger partial charge in [0.15, 0.2) is 0 Å². The summed E-state index contributed by atoms with van der Waals surface area (Å²) in [5.74, 6) is 0.410. The van der Waals surface area contributed by atoms with Crippen molar-refractivity contribution in [2.45, 2.75) is 11.5 Å². The van der Waals surface area contributed by atoms with Gasteiger partial charge in [0.25, 0.3) is 0 Å². The second-order valence-electron chi connectivity index (χ2n) is 4.19. The van der Waals surface area contributed by atoms with Crippen LogP contribution in [0.25, 0.3) is 0 Å². The van der Waals surface area contributed by atoms with Crippen molar-refractivity contribution in [2.75, 3.05) is 6.61 Å². The molecule has 2 aromatic rings. The Bertz CT molecular complexity index is 490. The second-order valence-corrected chi connectivity index (χ2v) is 4.19. The van der Waals surface area contributed by atoms with E-state index in [2.05, 4.69) is 6.58 Å². The molecule has 2 rings (SSSR count). The standard InChI is InChI=1S/C15H16O3/c1-2-15(11-16,12-7-4-3-5-8-12)14(17)13-9-6-10-18-13/h2-10,14,16-17H,1,11H2/t14-,15+/m1/s1. The highest BCUT2D eigenvalue weighted by Crippen LogP contribution is 2.38. The van der Waals surface area contributed by atoms with E-state index in [1.807, 2.05) is 30.3 Å². The summed E-state index contributed by atoms with van der Waals surface area (Å²) in [6.07, 6.45) is 2.09. The van der Waals surface area contributed by atoms with E-state index in [1.54, 1.807) is 18.2 Å². The Morgan fingerprint density at radius 3 is 2.44 bits per heavy atom. The molecular weight excluding hydrogens is 228 g/mol. The third kappa shape index (κ3) is 1.98. The van der Waals surface area contributed by atoms with Crippen LogP contribution in [0.3, 0.4) is 0 Å². The summed E-state index contributed by atoms with van der Waals surface area (Å²) >= 11 is 0. The van der Waals surface area contributed by atoms with Crippen LogP contribution in [0.5, 0.6) is 0 Å². The van der Waals surface area contributed by atoms with E-state index in [0.29, 0.717) is 5.76 Å². The highest BCUT2D eigenvalue weighted by molar-refractivity contribution is 5.34. The monoisotopic (exact) mass is 244 g/mol. The quantitative estimate of drug-likeness (QED) is 0.794. The van der Waals surface area contributed by atoms with E-state index >= 15 is 0 Å². The van der Waals surface area contributed by atoms with Crippen molar-refractivity contribution in [3.63, 3.8) is 0 Å². The molecule has 0 aliphatic carbocycles. The first-order valence-corrected chi connectivity index (χ1v) is 5.76. The highest BCUT2D eigenvalue weighted by Gasteiger charge is 2.38. The minimum atomic E-state index is -0.975. The van der Waals surface area contributed by atoms with Gasteiger partial charge in [-0.2, -0.15) is 0 Å². The molecule has 0 bridgehead atoms. The molecule has 0 fully saturated rings. The zero-order valence-electron chi connectivity index (χ0n) is 9.99. The molecule has 3 heteroatoms. The third-order valence-electron chi connectivity index (χ3n) is 3.24. The zero-order chi connectivity index (χ0) is 13.0. The Balaban J connectivity index is 2.48. The number of furan rings is 1. The van der Waals surface area contributed by atoms with Crippen molar-refractivity contribution in [1.29, 1.82) is 0 Å². The van der Waals surface area contributed by atoms with Gasteiger partial charge in [-0.25, -0.2) is 0 Å². The normalized spacial score (nSPS) is 15.9.